The van der Waals surface area contributed by atoms with Crippen LogP contribution in [0.15, 0.2) is 54.7 Å². The molecule has 1 fully saturated rings. The maximum Gasteiger partial charge on any atom is 0.237 e. The van der Waals surface area contributed by atoms with Gasteiger partial charge >= 0.3 is 0 Å². The van der Waals surface area contributed by atoms with Crippen molar-refractivity contribution < 1.29 is 13.9 Å². The van der Waals surface area contributed by atoms with E-state index in [0.717, 1.165) is 23.4 Å². The van der Waals surface area contributed by atoms with Gasteiger partial charge in [-0.2, -0.15) is 0 Å². The van der Waals surface area contributed by atoms with Gasteiger partial charge in [0.15, 0.2) is 0 Å². The van der Waals surface area contributed by atoms with Gasteiger partial charge in [-0.1, -0.05) is 17.3 Å². The molecule has 3 N–H and O–H groups in total. The zero-order valence-electron chi connectivity index (χ0n) is 16.2. The highest BCUT2D eigenvalue weighted by atomic mass is 32.2. The molecule has 3 aromatic rings. The van der Waals surface area contributed by atoms with E-state index in [4.69, 9.17) is 10.5 Å². The highest BCUT2D eigenvalue weighted by Crippen LogP contribution is 2.34. The molecule has 1 aliphatic heterocycles. The van der Waals surface area contributed by atoms with Gasteiger partial charge in [-0.15, -0.1) is 16.9 Å². The molecule has 2 heterocycles. The van der Waals surface area contributed by atoms with E-state index >= 15 is 0 Å². The molecule has 1 amide bonds. The quantitative estimate of drug-likeness (QED) is 0.628. The number of hydrogen-bond donors (Lipinski definition) is 2. The van der Waals surface area contributed by atoms with Crippen molar-refractivity contribution in [1.29, 1.82) is 0 Å². The highest BCUT2D eigenvalue weighted by molar-refractivity contribution is 8.00. The predicted molar refractivity (Wildman–Crippen MR) is 113 cm³/mol. The molecule has 0 saturated carbocycles. The number of amides is 1. The van der Waals surface area contributed by atoms with Crippen molar-refractivity contribution in [1.82, 2.24) is 20.3 Å². The number of nitrogens with two attached hydrogens (primary N) is 1. The Balaban J connectivity index is 1.38. The summed E-state index contributed by atoms with van der Waals surface area (Å²) in [6, 6.07) is 13.3. The van der Waals surface area contributed by atoms with Crippen LogP contribution in [0.1, 0.15) is 22.9 Å². The number of nitrogens with zero attached hydrogens (tertiary/aromatic N) is 3. The lowest BCUT2D eigenvalue weighted by Gasteiger charge is -2.17. The van der Waals surface area contributed by atoms with Crippen molar-refractivity contribution in [3.63, 3.8) is 0 Å². The molecule has 0 radical (unpaired) electrons. The fourth-order valence-electron chi connectivity index (χ4n) is 3.23. The number of nitrogens with one attached hydrogen (secondary N) is 1. The van der Waals surface area contributed by atoms with Gasteiger partial charge < -0.3 is 15.8 Å². The largest absolute Gasteiger partial charge is 0.457 e. The molecule has 1 saturated heterocycles. The molecular formula is C21H22FN5O2S. The molecule has 9 heteroatoms. The van der Waals surface area contributed by atoms with Gasteiger partial charge in [0, 0.05) is 18.8 Å². The summed E-state index contributed by atoms with van der Waals surface area (Å²) < 4.78 is 20.5. The molecule has 1 aliphatic rings. The summed E-state index contributed by atoms with van der Waals surface area (Å²) >= 11 is 1.62. The normalized spacial score (nSPS) is 19.2. The van der Waals surface area contributed by atoms with Crippen LogP contribution in [0.3, 0.4) is 0 Å². The summed E-state index contributed by atoms with van der Waals surface area (Å²) in [5.41, 5.74) is 7.21. The molecule has 7 nitrogen and oxygen atoms in total. The SMILES string of the molecule is NCc1cn(C[C@@H]2CCS[C@H](c3ccc(Oc4ccc(F)cc4)cc3)C(=O)N2)nn1. The van der Waals surface area contributed by atoms with Crippen LogP contribution in [0, 0.1) is 5.82 Å². The maximum absolute atomic E-state index is 13.0. The average molecular weight is 428 g/mol. The Labute approximate surface area is 177 Å². The summed E-state index contributed by atoms with van der Waals surface area (Å²) in [6.45, 7) is 0.909. The second-order valence-electron chi connectivity index (χ2n) is 7.01. The lowest BCUT2D eigenvalue weighted by Crippen LogP contribution is -2.38. The third kappa shape index (κ3) is 4.98. The second kappa shape index (κ2) is 9.27. The number of hydrogen-bond acceptors (Lipinski definition) is 6. The van der Waals surface area contributed by atoms with E-state index in [0.29, 0.717) is 24.6 Å². The number of rotatable bonds is 6. The molecular weight excluding hydrogens is 405 g/mol. The molecule has 1 aromatic heterocycles. The van der Waals surface area contributed by atoms with Gasteiger partial charge in [-0.05, 0) is 54.1 Å². The third-order valence-corrected chi connectivity index (χ3v) is 6.06. The molecule has 30 heavy (non-hydrogen) atoms. The van der Waals surface area contributed by atoms with Crippen LogP contribution in [0.4, 0.5) is 4.39 Å². The fraction of sp³-hybridized carbons (Fsp3) is 0.286. The number of ether oxygens (including phenoxy) is 1. The van der Waals surface area contributed by atoms with Crippen LogP contribution in [0.2, 0.25) is 0 Å². The Morgan fingerprint density at radius 3 is 2.53 bits per heavy atom. The first-order valence-electron chi connectivity index (χ1n) is 9.65. The Morgan fingerprint density at radius 1 is 1.17 bits per heavy atom. The van der Waals surface area contributed by atoms with Crippen LogP contribution in [0.25, 0.3) is 0 Å². The lowest BCUT2D eigenvalue weighted by molar-refractivity contribution is -0.121. The second-order valence-corrected chi connectivity index (χ2v) is 8.22. The van der Waals surface area contributed by atoms with Crippen molar-refractivity contribution in [3.8, 4) is 11.5 Å². The van der Waals surface area contributed by atoms with Gasteiger partial charge in [0.2, 0.25) is 5.91 Å². The zero-order valence-corrected chi connectivity index (χ0v) is 17.0. The summed E-state index contributed by atoms with van der Waals surface area (Å²) in [6.07, 6.45) is 2.65. The smallest absolute Gasteiger partial charge is 0.237 e. The molecule has 0 unspecified atom stereocenters. The Hall–Kier alpha value is -2.91. The van der Waals surface area contributed by atoms with Crippen LogP contribution in [-0.2, 0) is 17.9 Å². The molecule has 0 bridgehead atoms. The van der Waals surface area contributed by atoms with E-state index in [-0.39, 0.29) is 23.0 Å². The van der Waals surface area contributed by atoms with Crippen LogP contribution >= 0.6 is 11.8 Å². The van der Waals surface area contributed by atoms with E-state index in [1.54, 1.807) is 28.6 Å². The van der Waals surface area contributed by atoms with E-state index < -0.39 is 0 Å². The van der Waals surface area contributed by atoms with Crippen molar-refractivity contribution >= 4 is 17.7 Å². The standard InChI is InChI=1S/C21H22FN5O2S/c22-15-3-7-19(8-4-15)29-18-5-1-14(2-6-18)20-21(28)24-16(9-10-30-20)12-27-13-17(11-23)25-26-27/h1-8,13,16,20H,9-12,23H2,(H,24,28)/t16-,20+/m0/s1. The zero-order chi connectivity index (χ0) is 20.9. The monoisotopic (exact) mass is 427 g/mol. The van der Waals surface area contributed by atoms with Crippen molar-refractivity contribution in [2.45, 2.75) is 30.8 Å². The summed E-state index contributed by atoms with van der Waals surface area (Å²) in [4.78, 5) is 12.8. The number of aromatic nitrogens is 3. The van der Waals surface area contributed by atoms with Crippen LogP contribution < -0.4 is 15.8 Å². The van der Waals surface area contributed by atoms with E-state index in [1.807, 2.05) is 30.5 Å². The molecule has 0 spiro atoms. The van der Waals surface area contributed by atoms with Crippen molar-refractivity contribution in [2.75, 3.05) is 5.75 Å². The van der Waals surface area contributed by atoms with Gasteiger partial charge in [0.25, 0.3) is 0 Å². The molecule has 2 aromatic carbocycles. The van der Waals surface area contributed by atoms with Gasteiger partial charge in [0.05, 0.1) is 12.2 Å². The molecule has 4 rings (SSSR count). The first-order valence-corrected chi connectivity index (χ1v) is 10.7. The fourth-order valence-corrected chi connectivity index (χ4v) is 4.46. The maximum atomic E-state index is 13.0. The molecule has 156 valence electrons. The predicted octanol–water partition coefficient (Wildman–Crippen LogP) is 3.03. The number of carbonyl (C=O) groups is 1. The Kier molecular flexibility index (Phi) is 6.29. The summed E-state index contributed by atoms with van der Waals surface area (Å²) in [5.74, 6) is 1.70. The summed E-state index contributed by atoms with van der Waals surface area (Å²) in [5, 5.41) is 10.9. The van der Waals surface area contributed by atoms with Gasteiger partial charge in [-0.25, -0.2) is 4.39 Å². The first kappa shape index (κ1) is 20.4. The number of halogens is 1. The van der Waals surface area contributed by atoms with Gasteiger partial charge in [0.1, 0.15) is 22.6 Å². The van der Waals surface area contributed by atoms with Gasteiger partial charge in [-0.3, -0.25) is 9.48 Å². The van der Waals surface area contributed by atoms with Crippen molar-refractivity contribution in [3.05, 3.63) is 71.8 Å². The van der Waals surface area contributed by atoms with Crippen LogP contribution in [-0.4, -0.2) is 32.7 Å². The minimum absolute atomic E-state index is 0.0107. The lowest BCUT2D eigenvalue weighted by atomic mass is 10.1. The Morgan fingerprint density at radius 2 is 1.87 bits per heavy atom. The first-order chi connectivity index (χ1) is 14.6. The van der Waals surface area contributed by atoms with Crippen LogP contribution in [0.5, 0.6) is 11.5 Å². The third-order valence-electron chi connectivity index (χ3n) is 4.77. The molecule has 2 atom stereocenters. The number of benzene rings is 2. The number of carbonyl (C=O) groups excluding carboxylic acids is 1. The number of thioether (sulfide) groups is 1. The van der Waals surface area contributed by atoms with E-state index in [2.05, 4.69) is 15.6 Å². The topological polar surface area (TPSA) is 95.1 Å². The summed E-state index contributed by atoms with van der Waals surface area (Å²) in [7, 11) is 0. The molecule has 0 aliphatic carbocycles. The minimum atomic E-state index is -0.309. The minimum Gasteiger partial charge on any atom is -0.457 e. The average Bonchev–Trinajstić information content (AvgIpc) is 3.12. The highest BCUT2D eigenvalue weighted by Gasteiger charge is 2.27. The van der Waals surface area contributed by atoms with E-state index in [9.17, 15) is 9.18 Å². The van der Waals surface area contributed by atoms with E-state index in [1.165, 1.54) is 12.1 Å². The Bertz CT molecular complexity index is 993. The van der Waals surface area contributed by atoms with Crippen molar-refractivity contribution in [2.24, 2.45) is 5.73 Å².